The van der Waals surface area contributed by atoms with E-state index in [-0.39, 0.29) is 6.10 Å². The molecule has 0 aromatic rings. The molecule has 27 heavy (non-hydrogen) atoms. The predicted octanol–water partition coefficient (Wildman–Crippen LogP) is 5.66. The van der Waals surface area contributed by atoms with Gasteiger partial charge >= 0.3 is 0 Å². The molecular formula is C25H44O2. The van der Waals surface area contributed by atoms with E-state index in [2.05, 4.69) is 27.7 Å². The molecule has 2 N–H and O–H groups in total. The van der Waals surface area contributed by atoms with Gasteiger partial charge in [0.2, 0.25) is 0 Å². The minimum Gasteiger partial charge on any atom is -0.396 e. The molecule has 0 aromatic heterocycles. The number of rotatable bonds is 4. The van der Waals surface area contributed by atoms with Crippen molar-refractivity contribution in [3.05, 3.63) is 0 Å². The van der Waals surface area contributed by atoms with Gasteiger partial charge in [-0.3, -0.25) is 0 Å². The fourth-order valence-electron chi connectivity index (χ4n) is 9.42. The van der Waals surface area contributed by atoms with Gasteiger partial charge < -0.3 is 10.2 Å². The third kappa shape index (κ3) is 2.87. The molecule has 2 heteroatoms. The first kappa shape index (κ1) is 20.2. The summed E-state index contributed by atoms with van der Waals surface area (Å²) in [7, 11) is 0. The van der Waals surface area contributed by atoms with Crippen LogP contribution in [0.5, 0.6) is 0 Å². The summed E-state index contributed by atoms with van der Waals surface area (Å²) < 4.78 is 0. The SMILES string of the molecule is CC[C@H]1C(O)C2C3CC[C@H]([C@H](C)CCO)[C@@]3(C)CCC2[C@@]2(C)CCCC[C@@H]12. The van der Waals surface area contributed by atoms with E-state index in [0.717, 1.165) is 30.6 Å². The Morgan fingerprint density at radius 3 is 2.37 bits per heavy atom. The van der Waals surface area contributed by atoms with E-state index >= 15 is 0 Å². The zero-order valence-electron chi connectivity index (χ0n) is 18.3. The van der Waals surface area contributed by atoms with Crippen molar-refractivity contribution < 1.29 is 10.2 Å². The number of aliphatic hydroxyl groups is 2. The summed E-state index contributed by atoms with van der Waals surface area (Å²) in [5.41, 5.74) is 0.853. The Morgan fingerprint density at radius 2 is 1.67 bits per heavy atom. The van der Waals surface area contributed by atoms with Crippen molar-refractivity contribution in [1.82, 2.24) is 0 Å². The summed E-state index contributed by atoms with van der Waals surface area (Å²) in [6.45, 7) is 10.2. The van der Waals surface area contributed by atoms with Gasteiger partial charge in [-0.1, -0.05) is 47.0 Å². The lowest BCUT2D eigenvalue weighted by atomic mass is 9.41. The fourth-order valence-corrected chi connectivity index (χ4v) is 9.42. The molecule has 4 aliphatic carbocycles. The Bertz CT molecular complexity index is 532. The van der Waals surface area contributed by atoms with Crippen molar-refractivity contribution in [1.29, 1.82) is 0 Å². The zero-order chi connectivity index (χ0) is 19.4. The molecule has 0 aromatic carbocycles. The van der Waals surface area contributed by atoms with Gasteiger partial charge in [0.15, 0.2) is 0 Å². The van der Waals surface area contributed by atoms with E-state index < -0.39 is 0 Å². The van der Waals surface area contributed by atoms with Crippen molar-refractivity contribution in [3.63, 3.8) is 0 Å². The van der Waals surface area contributed by atoms with Crippen LogP contribution in [0, 0.1) is 52.3 Å². The average molecular weight is 377 g/mol. The maximum atomic E-state index is 11.7. The quantitative estimate of drug-likeness (QED) is 0.664. The van der Waals surface area contributed by atoms with Gasteiger partial charge in [-0.05, 0) is 97.2 Å². The molecule has 0 aliphatic heterocycles. The third-order valence-corrected chi connectivity index (χ3v) is 10.7. The van der Waals surface area contributed by atoms with Gasteiger partial charge in [0.05, 0.1) is 6.10 Å². The van der Waals surface area contributed by atoms with E-state index in [1.165, 1.54) is 51.4 Å². The monoisotopic (exact) mass is 376 g/mol. The van der Waals surface area contributed by atoms with Crippen LogP contribution in [0.4, 0.5) is 0 Å². The summed E-state index contributed by atoms with van der Waals surface area (Å²) in [4.78, 5) is 0. The Kier molecular flexibility index (Phi) is 5.47. The largest absolute Gasteiger partial charge is 0.396 e. The average Bonchev–Trinajstić information content (AvgIpc) is 3.00. The highest BCUT2D eigenvalue weighted by atomic mass is 16.3. The molecule has 0 heterocycles. The molecule has 0 amide bonds. The van der Waals surface area contributed by atoms with Crippen LogP contribution in [0.15, 0.2) is 0 Å². The molecule has 4 aliphatic rings. The van der Waals surface area contributed by atoms with Gasteiger partial charge in [0.25, 0.3) is 0 Å². The summed E-state index contributed by atoms with van der Waals surface area (Å²) in [6, 6.07) is 0. The first-order valence-corrected chi connectivity index (χ1v) is 12.2. The van der Waals surface area contributed by atoms with Gasteiger partial charge in [-0.15, -0.1) is 0 Å². The molecule has 0 saturated heterocycles. The fraction of sp³-hybridized carbons (Fsp3) is 1.00. The minimum absolute atomic E-state index is 0.0762. The molecule has 4 saturated carbocycles. The molecule has 2 nitrogen and oxygen atoms in total. The molecule has 0 radical (unpaired) electrons. The lowest BCUT2D eigenvalue weighted by Crippen LogP contribution is -2.61. The minimum atomic E-state index is -0.0762. The van der Waals surface area contributed by atoms with Gasteiger partial charge in [-0.25, -0.2) is 0 Å². The Labute approximate surface area is 167 Å². The van der Waals surface area contributed by atoms with E-state index in [1.807, 2.05) is 0 Å². The maximum absolute atomic E-state index is 11.7. The second kappa shape index (κ2) is 7.31. The molecule has 0 spiro atoms. The standard InChI is InChI=1S/C25H44O2/c1-5-17-19-8-6-7-13-24(19,3)21-11-14-25(4)18(16(2)12-15-26)9-10-20(25)22(21)23(17)27/h16-23,26-27H,5-15H2,1-4H3/t16-,17-,18-,19+,20?,21?,22?,23?,24+,25-/m1/s1. The number of fused-ring (bicyclic) bond motifs is 5. The van der Waals surface area contributed by atoms with Gasteiger partial charge in [-0.2, -0.15) is 0 Å². The van der Waals surface area contributed by atoms with E-state index in [9.17, 15) is 10.2 Å². The van der Waals surface area contributed by atoms with Crippen LogP contribution in [0.1, 0.15) is 91.9 Å². The summed E-state index contributed by atoms with van der Waals surface area (Å²) >= 11 is 0. The number of aliphatic hydroxyl groups excluding tert-OH is 2. The molecular weight excluding hydrogens is 332 g/mol. The van der Waals surface area contributed by atoms with Crippen molar-refractivity contribution in [2.75, 3.05) is 6.61 Å². The van der Waals surface area contributed by atoms with Crippen molar-refractivity contribution >= 4 is 0 Å². The van der Waals surface area contributed by atoms with Gasteiger partial charge in [0, 0.05) is 6.61 Å². The lowest BCUT2D eigenvalue weighted by molar-refractivity contribution is -0.194. The van der Waals surface area contributed by atoms with Crippen LogP contribution >= 0.6 is 0 Å². The van der Waals surface area contributed by atoms with Crippen molar-refractivity contribution in [3.8, 4) is 0 Å². The lowest BCUT2D eigenvalue weighted by Gasteiger charge is -2.64. The Hall–Kier alpha value is -0.0800. The first-order valence-electron chi connectivity index (χ1n) is 12.2. The molecule has 4 unspecified atom stereocenters. The molecule has 4 fully saturated rings. The topological polar surface area (TPSA) is 40.5 Å². The highest BCUT2D eigenvalue weighted by Gasteiger charge is 2.64. The summed E-state index contributed by atoms with van der Waals surface area (Å²) in [5, 5.41) is 21.2. The first-order chi connectivity index (χ1) is 12.9. The highest BCUT2D eigenvalue weighted by molar-refractivity contribution is 5.13. The number of hydrogen-bond acceptors (Lipinski definition) is 2. The van der Waals surface area contributed by atoms with Crippen molar-refractivity contribution in [2.45, 2.75) is 98.0 Å². The maximum Gasteiger partial charge on any atom is 0.0605 e. The van der Waals surface area contributed by atoms with E-state index in [1.54, 1.807) is 0 Å². The smallest absolute Gasteiger partial charge is 0.0605 e. The molecule has 0 bridgehead atoms. The van der Waals surface area contributed by atoms with Crippen LogP contribution < -0.4 is 0 Å². The van der Waals surface area contributed by atoms with Crippen LogP contribution in [0.3, 0.4) is 0 Å². The Morgan fingerprint density at radius 1 is 0.926 bits per heavy atom. The van der Waals surface area contributed by atoms with E-state index in [0.29, 0.717) is 41.1 Å². The van der Waals surface area contributed by atoms with Crippen LogP contribution in [-0.4, -0.2) is 22.9 Å². The van der Waals surface area contributed by atoms with Crippen molar-refractivity contribution in [2.24, 2.45) is 52.3 Å². The second-order valence-electron chi connectivity index (χ2n) is 11.4. The van der Waals surface area contributed by atoms with Crippen LogP contribution in [-0.2, 0) is 0 Å². The zero-order valence-corrected chi connectivity index (χ0v) is 18.3. The number of hydrogen-bond donors (Lipinski definition) is 2. The molecule has 4 rings (SSSR count). The highest BCUT2D eigenvalue weighted by Crippen LogP contribution is 2.69. The normalized spacial score (nSPS) is 53.3. The van der Waals surface area contributed by atoms with Gasteiger partial charge in [0.1, 0.15) is 0 Å². The van der Waals surface area contributed by atoms with Crippen LogP contribution in [0.2, 0.25) is 0 Å². The Balaban J connectivity index is 1.67. The summed E-state index contributed by atoms with van der Waals surface area (Å²) in [6.07, 6.45) is 12.9. The van der Waals surface area contributed by atoms with E-state index in [4.69, 9.17) is 0 Å². The molecule has 10 atom stereocenters. The third-order valence-electron chi connectivity index (χ3n) is 10.7. The summed E-state index contributed by atoms with van der Waals surface area (Å²) in [5.74, 6) is 4.59. The molecule has 156 valence electrons. The predicted molar refractivity (Wildman–Crippen MR) is 111 cm³/mol. The second-order valence-corrected chi connectivity index (χ2v) is 11.4. The van der Waals surface area contributed by atoms with Crippen LogP contribution in [0.25, 0.3) is 0 Å².